The Labute approximate surface area is 199 Å². The van der Waals surface area contributed by atoms with E-state index >= 15 is 0 Å². The minimum absolute atomic E-state index is 0.0708. The number of hydrogen-bond acceptors (Lipinski definition) is 4. The summed E-state index contributed by atoms with van der Waals surface area (Å²) in [5.41, 5.74) is 1.96. The predicted octanol–water partition coefficient (Wildman–Crippen LogP) is 4.73. The first-order valence-electron chi connectivity index (χ1n) is 11.1. The molecule has 0 fully saturated rings. The SMILES string of the molecule is CCNC(=O)[C@@H](C)N(Cc1ccc(Br)cc1)C(=O)CCc1ccc(OCC)c(OCC)c1. The lowest BCUT2D eigenvalue weighted by atomic mass is 10.1. The summed E-state index contributed by atoms with van der Waals surface area (Å²) in [6.07, 6.45) is 0.837. The van der Waals surface area contributed by atoms with Gasteiger partial charge >= 0.3 is 0 Å². The number of aryl methyl sites for hydroxylation is 1. The van der Waals surface area contributed by atoms with Gasteiger partial charge in [0.15, 0.2) is 11.5 Å². The number of ether oxygens (including phenoxy) is 2. The fraction of sp³-hybridized carbons (Fsp3) is 0.440. The van der Waals surface area contributed by atoms with E-state index in [1.165, 1.54) is 0 Å². The highest BCUT2D eigenvalue weighted by Gasteiger charge is 2.25. The van der Waals surface area contributed by atoms with Crippen molar-refractivity contribution in [3.8, 4) is 11.5 Å². The molecule has 0 unspecified atom stereocenters. The normalized spacial score (nSPS) is 11.5. The molecule has 32 heavy (non-hydrogen) atoms. The highest BCUT2D eigenvalue weighted by Crippen LogP contribution is 2.29. The van der Waals surface area contributed by atoms with Crippen LogP contribution >= 0.6 is 15.9 Å². The Kier molecular flexibility index (Phi) is 10.5. The lowest BCUT2D eigenvalue weighted by molar-refractivity contribution is -0.140. The molecule has 7 heteroatoms. The lowest BCUT2D eigenvalue weighted by Gasteiger charge is -2.29. The molecule has 0 heterocycles. The fourth-order valence-corrected chi connectivity index (χ4v) is 3.60. The molecule has 0 bridgehead atoms. The molecule has 1 N–H and O–H groups in total. The summed E-state index contributed by atoms with van der Waals surface area (Å²) < 4.78 is 12.3. The van der Waals surface area contributed by atoms with Gasteiger partial charge in [-0.2, -0.15) is 0 Å². The van der Waals surface area contributed by atoms with Crippen LogP contribution in [0.5, 0.6) is 11.5 Å². The van der Waals surface area contributed by atoms with Crippen molar-refractivity contribution >= 4 is 27.7 Å². The molecule has 0 aliphatic rings. The molecule has 2 rings (SSSR count). The lowest BCUT2D eigenvalue weighted by Crippen LogP contribution is -2.47. The summed E-state index contributed by atoms with van der Waals surface area (Å²) >= 11 is 3.43. The molecule has 0 saturated carbocycles. The Morgan fingerprint density at radius 1 is 0.969 bits per heavy atom. The van der Waals surface area contributed by atoms with Crippen molar-refractivity contribution in [1.29, 1.82) is 0 Å². The van der Waals surface area contributed by atoms with Crippen LogP contribution in [-0.2, 0) is 22.6 Å². The molecule has 0 spiro atoms. The number of halogens is 1. The number of hydrogen-bond donors (Lipinski definition) is 1. The van der Waals surface area contributed by atoms with Crippen molar-refractivity contribution in [2.75, 3.05) is 19.8 Å². The monoisotopic (exact) mass is 504 g/mol. The van der Waals surface area contributed by atoms with Crippen LogP contribution in [0.15, 0.2) is 46.9 Å². The Morgan fingerprint density at radius 2 is 1.59 bits per heavy atom. The molecular weight excluding hydrogens is 472 g/mol. The van der Waals surface area contributed by atoms with Crippen LogP contribution in [0, 0.1) is 0 Å². The van der Waals surface area contributed by atoms with Gasteiger partial charge in [-0.25, -0.2) is 0 Å². The third-order valence-corrected chi connectivity index (χ3v) is 5.55. The van der Waals surface area contributed by atoms with Crippen molar-refractivity contribution in [1.82, 2.24) is 10.2 Å². The zero-order valence-electron chi connectivity index (χ0n) is 19.3. The maximum Gasteiger partial charge on any atom is 0.242 e. The van der Waals surface area contributed by atoms with Crippen LogP contribution in [0.3, 0.4) is 0 Å². The van der Waals surface area contributed by atoms with Crippen LogP contribution in [-0.4, -0.2) is 42.5 Å². The first kappa shape index (κ1) is 25.7. The van der Waals surface area contributed by atoms with Gasteiger partial charge in [0, 0.05) is 24.0 Å². The molecule has 0 saturated heterocycles. The van der Waals surface area contributed by atoms with Gasteiger partial charge in [-0.15, -0.1) is 0 Å². The molecule has 0 aromatic heterocycles. The number of benzene rings is 2. The van der Waals surface area contributed by atoms with Crippen molar-refractivity contribution in [2.24, 2.45) is 0 Å². The molecular formula is C25H33BrN2O4. The molecule has 0 aliphatic carbocycles. The standard InChI is InChI=1S/C25H33BrN2O4/c1-5-27-25(30)18(4)28(17-20-8-12-21(26)13-9-20)24(29)15-11-19-10-14-22(31-6-2)23(16-19)32-7-3/h8-10,12-14,16,18H,5-7,11,15,17H2,1-4H3,(H,27,30)/t18-/m1/s1. The highest BCUT2D eigenvalue weighted by atomic mass is 79.9. The summed E-state index contributed by atoms with van der Waals surface area (Å²) in [7, 11) is 0. The predicted molar refractivity (Wildman–Crippen MR) is 130 cm³/mol. The van der Waals surface area contributed by atoms with Crippen LogP contribution in [0.4, 0.5) is 0 Å². The minimum Gasteiger partial charge on any atom is -0.490 e. The number of amides is 2. The minimum atomic E-state index is -0.564. The van der Waals surface area contributed by atoms with Gasteiger partial charge in [-0.05, 0) is 69.5 Å². The number of likely N-dealkylation sites (N-methyl/N-ethyl adjacent to an activating group) is 1. The second-order valence-electron chi connectivity index (χ2n) is 7.37. The van der Waals surface area contributed by atoms with Crippen LogP contribution in [0.1, 0.15) is 45.2 Å². The molecule has 0 aliphatic heterocycles. The van der Waals surface area contributed by atoms with E-state index in [2.05, 4.69) is 21.2 Å². The first-order chi connectivity index (χ1) is 15.4. The Hall–Kier alpha value is -2.54. The third kappa shape index (κ3) is 7.55. The molecule has 1 atom stereocenters. The summed E-state index contributed by atoms with van der Waals surface area (Å²) in [6.45, 7) is 9.48. The average Bonchev–Trinajstić information content (AvgIpc) is 2.78. The summed E-state index contributed by atoms with van der Waals surface area (Å²) in [4.78, 5) is 27.3. The van der Waals surface area contributed by atoms with Crippen LogP contribution in [0.2, 0.25) is 0 Å². The second-order valence-corrected chi connectivity index (χ2v) is 8.28. The number of carbonyl (C=O) groups excluding carboxylic acids is 2. The van der Waals surface area contributed by atoms with E-state index in [0.29, 0.717) is 50.6 Å². The van der Waals surface area contributed by atoms with E-state index in [1.807, 2.05) is 63.2 Å². The molecule has 2 aromatic carbocycles. The Bertz CT molecular complexity index is 886. The molecule has 174 valence electrons. The smallest absolute Gasteiger partial charge is 0.242 e. The summed E-state index contributed by atoms with van der Waals surface area (Å²) in [5.74, 6) is 1.16. The van der Waals surface area contributed by atoms with E-state index in [9.17, 15) is 9.59 Å². The maximum absolute atomic E-state index is 13.2. The number of nitrogens with zero attached hydrogens (tertiary/aromatic N) is 1. The quantitative estimate of drug-likeness (QED) is 0.453. The second kappa shape index (κ2) is 13.1. The number of rotatable bonds is 12. The average molecular weight is 505 g/mol. The van der Waals surface area contributed by atoms with Gasteiger partial charge in [0.05, 0.1) is 13.2 Å². The Balaban J connectivity index is 2.15. The largest absolute Gasteiger partial charge is 0.490 e. The third-order valence-electron chi connectivity index (χ3n) is 5.02. The van der Waals surface area contributed by atoms with Crippen molar-refractivity contribution in [2.45, 2.75) is 53.1 Å². The maximum atomic E-state index is 13.2. The zero-order chi connectivity index (χ0) is 23.5. The summed E-state index contributed by atoms with van der Waals surface area (Å²) in [6, 6.07) is 13.0. The topological polar surface area (TPSA) is 67.9 Å². The zero-order valence-corrected chi connectivity index (χ0v) is 20.9. The first-order valence-corrected chi connectivity index (χ1v) is 11.9. The van der Waals surface area contributed by atoms with Gasteiger partial charge in [0.1, 0.15) is 6.04 Å². The highest BCUT2D eigenvalue weighted by molar-refractivity contribution is 9.10. The molecule has 6 nitrogen and oxygen atoms in total. The fourth-order valence-electron chi connectivity index (χ4n) is 3.34. The summed E-state index contributed by atoms with van der Waals surface area (Å²) in [5, 5.41) is 2.82. The van der Waals surface area contributed by atoms with E-state index in [0.717, 1.165) is 15.6 Å². The Morgan fingerprint density at radius 3 is 2.22 bits per heavy atom. The number of carbonyl (C=O) groups is 2. The van der Waals surface area contributed by atoms with Gasteiger partial charge in [0.2, 0.25) is 11.8 Å². The van der Waals surface area contributed by atoms with Gasteiger partial charge in [-0.3, -0.25) is 9.59 Å². The van der Waals surface area contributed by atoms with Crippen molar-refractivity contribution in [3.63, 3.8) is 0 Å². The van der Waals surface area contributed by atoms with Crippen LogP contribution in [0.25, 0.3) is 0 Å². The van der Waals surface area contributed by atoms with Gasteiger partial charge < -0.3 is 19.7 Å². The van der Waals surface area contributed by atoms with E-state index < -0.39 is 6.04 Å². The van der Waals surface area contributed by atoms with E-state index in [4.69, 9.17) is 9.47 Å². The van der Waals surface area contributed by atoms with E-state index in [-0.39, 0.29) is 11.8 Å². The molecule has 2 aromatic rings. The molecule has 2 amide bonds. The van der Waals surface area contributed by atoms with Crippen LogP contribution < -0.4 is 14.8 Å². The van der Waals surface area contributed by atoms with Crippen molar-refractivity contribution < 1.29 is 19.1 Å². The molecule has 0 radical (unpaired) electrons. The number of nitrogens with one attached hydrogen (secondary N) is 1. The van der Waals surface area contributed by atoms with E-state index in [1.54, 1.807) is 11.8 Å². The van der Waals surface area contributed by atoms with Gasteiger partial charge in [0.25, 0.3) is 0 Å². The van der Waals surface area contributed by atoms with Gasteiger partial charge in [-0.1, -0.05) is 34.1 Å². The van der Waals surface area contributed by atoms with Crippen molar-refractivity contribution in [3.05, 3.63) is 58.1 Å².